The Kier molecular flexibility index (Phi) is 2.99. The van der Waals surface area contributed by atoms with E-state index in [1.165, 1.54) is 0 Å². The molecule has 3 aromatic rings. The van der Waals surface area contributed by atoms with Gasteiger partial charge in [-0.25, -0.2) is 4.98 Å². The zero-order valence-electron chi connectivity index (χ0n) is 11.3. The molecule has 3 rings (SSSR count). The number of aromatic nitrogens is 2. The van der Waals surface area contributed by atoms with Crippen LogP contribution in [0, 0.1) is 6.92 Å². The van der Waals surface area contributed by atoms with Crippen molar-refractivity contribution in [3.05, 3.63) is 53.9 Å². The summed E-state index contributed by atoms with van der Waals surface area (Å²) in [5.41, 5.74) is 3.93. The molecule has 1 aromatic carbocycles. The number of pyridine rings is 1. The Balaban J connectivity index is 2.27. The summed E-state index contributed by atoms with van der Waals surface area (Å²) < 4.78 is 7.04. The van der Waals surface area contributed by atoms with E-state index >= 15 is 0 Å². The van der Waals surface area contributed by atoms with Crippen molar-refractivity contribution in [2.24, 2.45) is 0 Å². The van der Waals surface area contributed by atoms with E-state index in [0.29, 0.717) is 11.4 Å². The van der Waals surface area contributed by atoms with Gasteiger partial charge in [-0.3, -0.25) is 9.20 Å². The maximum Gasteiger partial charge on any atom is 0.169 e. The van der Waals surface area contributed by atoms with Crippen molar-refractivity contribution in [1.29, 1.82) is 0 Å². The van der Waals surface area contributed by atoms with Gasteiger partial charge in [0, 0.05) is 11.8 Å². The highest BCUT2D eigenvalue weighted by molar-refractivity contribution is 5.86. The van der Waals surface area contributed by atoms with Crippen LogP contribution in [-0.4, -0.2) is 22.8 Å². The number of benzene rings is 1. The Morgan fingerprint density at radius 3 is 2.85 bits per heavy atom. The lowest BCUT2D eigenvalue weighted by atomic mass is 10.1. The second kappa shape index (κ2) is 4.81. The van der Waals surface area contributed by atoms with Gasteiger partial charge in [-0.15, -0.1) is 0 Å². The Hall–Kier alpha value is -2.62. The number of hydrogen-bond acceptors (Lipinski definition) is 3. The van der Waals surface area contributed by atoms with E-state index in [1.54, 1.807) is 7.11 Å². The van der Waals surface area contributed by atoms with Crippen LogP contribution < -0.4 is 4.74 Å². The van der Waals surface area contributed by atoms with E-state index in [1.807, 2.05) is 53.9 Å². The summed E-state index contributed by atoms with van der Waals surface area (Å²) in [5, 5.41) is 0. The lowest BCUT2D eigenvalue weighted by molar-refractivity contribution is 0.111. The van der Waals surface area contributed by atoms with Crippen LogP contribution in [0.15, 0.2) is 42.6 Å². The highest BCUT2D eigenvalue weighted by Gasteiger charge is 2.13. The third-order valence-electron chi connectivity index (χ3n) is 3.26. The number of hydrogen-bond donors (Lipinski definition) is 0. The number of methoxy groups -OCH3 is 1. The van der Waals surface area contributed by atoms with Crippen molar-refractivity contribution in [3.63, 3.8) is 0 Å². The van der Waals surface area contributed by atoms with Gasteiger partial charge in [-0.05, 0) is 30.7 Å². The number of aldehydes is 1. The molecule has 4 nitrogen and oxygen atoms in total. The third kappa shape index (κ3) is 1.95. The summed E-state index contributed by atoms with van der Waals surface area (Å²) in [6.07, 6.45) is 2.75. The minimum absolute atomic E-state index is 0.553. The molecule has 0 aliphatic rings. The molecule has 0 atom stereocenters. The highest BCUT2D eigenvalue weighted by Crippen LogP contribution is 2.26. The van der Waals surface area contributed by atoms with Crippen molar-refractivity contribution in [3.8, 4) is 17.0 Å². The molecule has 0 radical (unpaired) electrons. The van der Waals surface area contributed by atoms with E-state index < -0.39 is 0 Å². The lowest BCUT2D eigenvalue weighted by Gasteiger charge is -2.02. The van der Waals surface area contributed by atoms with Gasteiger partial charge < -0.3 is 4.74 Å². The van der Waals surface area contributed by atoms with Gasteiger partial charge in [0.05, 0.1) is 7.11 Å². The van der Waals surface area contributed by atoms with Gasteiger partial charge in [-0.1, -0.05) is 18.2 Å². The fourth-order valence-corrected chi connectivity index (χ4v) is 2.26. The minimum atomic E-state index is 0.553. The summed E-state index contributed by atoms with van der Waals surface area (Å²) in [6, 6.07) is 11.4. The fraction of sp³-hybridized carbons (Fsp3) is 0.125. The third-order valence-corrected chi connectivity index (χ3v) is 3.26. The quantitative estimate of drug-likeness (QED) is 0.684. The minimum Gasteiger partial charge on any atom is -0.497 e. The monoisotopic (exact) mass is 266 g/mol. The van der Waals surface area contributed by atoms with Crippen LogP contribution in [-0.2, 0) is 0 Å². The zero-order chi connectivity index (χ0) is 14.1. The van der Waals surface area contributed by atoms with Gasteiger partial charge in [-0.2, -0.15) is 0 Å². The molecule has 100 valence electrons. The van der Waals surface area contributed by atoms with Crippen LogP contribution in [0.2, 0.25) is 0 Å². The van der Waals surface area contributed by atoms with Gasteiger partial charge >= 0.3 is 0 Å². The highest BCUT2D eigenvalue weighted by atomic mass is 16.5. The Morgan fingerprint density at radius 2 is 2.10 bits per heavy atom. The van der Waals surface area contributed by atoms with Gasteiger partial charge in [0.25, 0.3) is 0 Å². The van der Waals surface area contributed by atoms with E-state index in [0.717, 1.165) is 28.8 Å². The number of rotatable bonds is 3. The van der Waals surface area contributed by atoms with E-state index in [-0.39, 0.29) is 0 Å². The summed E-state index contributed by atoms with van der Waals surface area (Å²) in [7, 11) is 1.62. The lowest BCUT2D eigenvalue weighted by Crippen LogP contribution is -1.93. The normalized spacial score (nSPS) is 10.7. The first-order valence-electron chi connectivity index (χ1n) is 6.31. The van der Waals surface area contributed by atoms with E-state index in [9.17, 15) is 4.79 Å². The smallest absolute Gasteiger partial charge is 0.169 e. The first-order chi connectivity index (χ1) is 9.72. The van der Waals surface area contributed by atoms with Gasteiger partial charge in [0.1, 0.15) is 22.8 Å². The standard InChI is InChI=1S/C16H14N2O2/c1-11-6-7-15-17-16(14(10-19)18(15)9-11)12-4-3-5-13(8-12)20-2/h3-10H,1-2H3. The van der Waals surface area contributed by atoms with Crippen molar-refractivity contribution in [2.75, 3.05) is 7.11 Å². The Labute approximate surface area is 116 Å². The number of carbonyl (C=O) groups is 1. The topological polar surface area (TPSA) is 43.6 Å². The summed E-state index contributed by atoms with van der Waals surface area (Å²) in [5.74, 6) is 0.743. The maximum atomic E-state index is 11.4. The molecule has 0 fully saturated rings. The number of imidazole rings is 1. The van der Waals surface area contributed by atoms with E-state index in [4.69, 9.17) is 4.74 Å². The van der Waals surface area contributed by atoms with Crippen LogP contribution in [0.1, 0.15) is 16.1 Å². The number of nitrogens with zero attached hydrogens (tertiary/aromatic N) is 2. The average Bonchev–Trinajstić information content (AvgIpc) is 2.85. The van der Waals surface area contributed by atoms with Crippen molar-refractivity contribution >= 4 is 11.9 Å². The number of aryl methyl sites for hydroxylation is 1. The molecular weight excluding hydrogens is 252 g/mol. The number of fused-ring (bicyclic) bond motifs is 1. The second-order valence-electron chi connectivity index (χ2n) is 4.63. The molecule has 0 N–H and O–H groups in total. The largest absolute Gasteiger partial charge is 0.497 e. The molecule has 2 heterocycles. The molecule has 2 aromatic heterocycles. The first kappa shape index (κ1) is 12.4. The molecular formula is C16H14N2O2. The van der Waals surface area contributed by atoms with E-state index in [2.05, 4.69) is 4.98 Å². The van der Waals surface area contributed by atoms with Crippen LogP contribution in [0.25, 0.3) is 16.9 Å². The Morgan fingerprint density at radius 1 is 1.25 bits per heavy atom. The molecule has 0 spiro atoms. The molecule has 0 saturated heterocycles. The Bertz CT molecular complexity index is 790. The molecule has 0 saturated carbocycles. The molecule has 4 heteroatoms. The average molecular weight is 266 g/mol. The molecule has 0 amide bonds. The maximum absolute atomic E-state index is 11.4. The molecule has 0 unspecified atom stereocenters. The SMILES string of the molecule is COc1cccc(-c2nc3ccc(C)cn3c2C=O)c1. The number of ether oxygens (including phenoxy) is 1. The number of carbonyl (C=O) groups excluding carboxylic acids is 1. The fourth-order valence-electron chi connectivity index (χ4n) is 2.26. The molecule has 20 heavy (non-hydrogen) atoms. The van der Waals surface area contributed by atoms with Crippen molar-refractivity contribution in [2.45, 2.75) is 6.92 Å². The predicted octanol–water partition coefficient (Wildman–Crippen LogP) is 3.13. The van der Waals surface area contributed by atoms with Gasteiger partial charge in [0.15, 0.2) is 6.29 Å². The first-order valence-corrected chi connectivity index (χ1v) is 6.31. The summed E-state index contributed by atoms with van der Waals surface area (Å²) >= 11 is 0. The van der Waals surface area contributed by atoms with Crippen LogP contribution in [0.5, 0.6) is 5.75 Å². The van der Waals surface area contributed by atoms with Gasteiger partial charge in [0.2, 0.25) is 0 Å². The second-order valence-corrected chi connectivity index (χ2v) is 4.63. The molecule has 0 bridgehead atoms. The zero-order valence-corrected chi connectivity index (χ0v) is 11.3. The van der Waals surface area contributed by atoms with Crippen LogP contribution in [0.3, 0.4) is 0 Å². The molecule has 0 aliphatic heterocycles. The van der Waals surface area contributed by atoms with Crippen LogP contribution in [0.4, 0.5) is 0 Å². The summed E-state index contributed by atoms with van der Waals surface area (Å²) in [4.78, 5) is 16.0. The van der Waals surface area contributed by atoms with Crippen LogP contribution >= 0.6 is 0 Å². The predicted molar refractivity (Wildman–Crippen MR) is 77.3 cm³/mol. The summed E-state index contributed by atoms with van der Waals surface area (Å²) in [6.45, 7) is 1.99. The van der Waals surface area contributed by atoms with Crippen molar-refractivity contribution in [1.82, 2.24) is 9.38 Å². The molecule has 0 aliphatic carbocycles. The van der Waals surface area contributed by atoms with Crippen molar-refractivity contribution < 1.29 is 9.53 Å².